The summed E-state index contributed by atoms with van der Waals surface area (Å²) in [4.78, 5) is 12.2. The summed E-state index contributed by atoms with van der Waals surface area (Å²) in [6.07, 6.45) is 3.37. The van der Waals surface area contributed by atoms with Gasteiger partial charge in [0.1, 0.15) is 0 Å². The molecule has 1 aliphatic carbocycles. The summed E-state index contributed by atoms with van der Waals surface area (Å²) in [5.74, 6) is 0.392. The third kappa shape index (κ3) is 2.41. The first kappa shape index (κ1) is 13.1. The molecule has 1 aromatic rings. The Morgan fingerprint density at radius 2 is 2.22 bits per heavy atom. The highest BCUT2D eigenvalue weighted by molar-refractivity contribution is 5.96. The monoisotopic (exact) mass is 250 g/mol. The number of nitrogens with two attached hydrogens (primary N) is 1. The van der Waals surface area contributed by atoms with Crippen LogP contribution < -0.4 is 11.1 Å². The Bertz CT molecular complexity index is 452. The second-order valence-electron chi connectivity index (χ2n) is 5.23. The molecule has 0 spiro atoms. The van der Waals surface area contributed by atoms with Crippen molar-refractivity contribution in [2.24, 2.45) is 18.7 Å². The second-order valence-corrected chi connectivity index (χ2v) is 5.23. The fraction of sp³-hybridized carbons (Fsp3) is 0.692. The lowest BCUT2D eigenvalue weighted by molar-refractivity contribution is 0.0945. The van der Waals surface area contributed by atoms with Gasteiger partial charge in [-0.1, -0.05) is 6.42 Å². The zero-order valence-corrected chi connectivity index (χ0v) is 11.4. The maximum Gasteiger partial charge on any atom is 0.255 e. The minimum atomic E-state index is -0.0304. The maximum atomic E-state index is 12.2. The van der Waals surface area contributed by atoms with E-state index in [1.54, 1.807) is 4.68 Å². The predicted octanol–water partition coefficient (Wildman–Crippen LogP) is 0.894. The molecule has 3 N–H and O–H groups in total. The van der Waals surface area contributed by atoms with E-state index in [1.165, 1.54) is 6.42 Å². The van der Waals surface area contributed by atoms with E-state index in [9.17, 15) is 4.79 Å². The average molecular weight is 250 g/mol. The highest BCUT2D eigenvalue weighted by atomic mass is 16.1. The SMILES string of the molecule is Cc1nn(C)c(C)c1C(=O)NCC1CCCC1N. The summed E-state index contributed by atoms with van der Waals surface area (Å²) in [7, 11) is 1.85. The number of aromatic nitrogens is 2. The smallest absolute Gasteiger partial charge is 0.255 e. The first-order valence-electron chi connectivity index (χ1n) is 6.54. The Hall–Kier alpha value is -1.36. The van der Waals surface area contributed by atoms with E-state index in [-0.39, 0.29) is 11.9 Å². The van der Waals surface area contributed by atoms with E-state index in [0.29, 0.717) is 18.0 Å². The Balaban J connectivity index is 1.99. The molecule has 18 heavy (non-hydrogen) atoms. The average Bonchev–Trinajstić information content (AvgIpc) is 2.81. The number of amides is 1. The number of rotatable bonds is 3. The van der Waals surface area contributed by atoms with E-state index in [2.05, 4.69) is 10.4 Å². The van der Waals surface area contributed by atoms with Crippen LogP contribution in [0, 0.1) is 19.8 Å². The van der Waals surface area contributed by atoms with Crippen LogP contribution >= 0.6 is 0 Å². The molecule has 5 nitrogen and oxygen atoms in total. The summed E-state index contributed by atoms with van der Waals surface area (Å²) in [6.45, 7) is 4.45. The van der Waals surface area contributed by atoms with Crippen molar-refractivity contribution in [3.8, 4) is 0 Å². The Labute approximate surface area is 108 Å². The van der Waals surface area contributed by atoms with Crippen LogP contribution in [0.5, 0.6) is 0 Å². The van der Waals surface area contributed by atoms with Gasteiger partial charge in [0.15, 0.2) is 0 Å². The molecular formula is C13H22N4O. The van der Waals surface area contributed by atoms with E-state index in [1.807, 2.05) is 20.9 Å². The van der Waals surface area contributed by atoms with Crippen molar-refractivity contribution in [3.63, 3.8) is 0 Å². The molecule has 2 unspecified atom stereocenters. The van der Waals surface area contributed by atoms with Gasteiger partial charge in [-0.3, -0.25) is 9.48 Å². The summed E-state index contributed by atoms with van der Waals surface area (Å²) >= 11 is 0. The van der Waals surface area contributed by atoms with Crippen LogP contribution in [-0.2, 0) is 7.05 Å². The number of hydrogen-bond donors (Lipinski definition) is 2. The molecule has 1 aromatic heterocycles. The van der Waals surface area contributed by atoms with Gasteiger partial charge in [0, 0.05) is 25.3 Å². The normalized spacial score (nSPS) is 23.3. The summed E-state index contributed by atoms with van der Waals surface area (Å²) in [6, 6.07) is 0.237. The van der Waals surface area contributed by atoms with Crippen molar-refractivity contribution in [1.29, 1.82) is 0 Å². The number of nitrogens with zero attached hydrogens (tertiary/aromatic N) is 2. The fourth-order valence-corrected chi connectivity index (χ4v) is 2.73. The van der Waals surface area contributed by atoms with Crippen LogP contribution in [0.4, 0.5) is 0 Å². The maximum absolute atomic E-state index is 12.2. The molecule has 2 atom stereocenters. The zero-order chi connectivity index (χ0) is 13.3. The summed E-state index contributed by atoms with van der Waals surface area (Å²) < 4.78 is 1.74. The molecule has 0 bridgehead atoms. The minimum absolute atomic E-state index is 0.0304. The van der Waals surface area contributed by atoms with Crippen molar-refractivity contribution in [3.05, 3.63) is 17.0 Å². The van der Waals surface area contributed by atoms with Gasteiger partial charge in [0.2, 0.25) is 0 Å². The fourth-order valence-electron chi connectivity index (χ4n) is 2.73. The zero-order valence-electron chi connectivity index (χ0n) is 11.4. The highest BCUT2D eigenvalue weighted by Crippen LogP contribution is 2.23. The van der Waals surface area contributed by atoms with E-state index in [4.69, 9.17) is 5.73 Å². The van der Waals surface area contributed by atoms with Crippen LogP contribution in [0.3, 0.4) is 0 Å². The van der Waals surface area contributed by atoms with Gasteiger partial charge in [-0.2, -0.15) is 5.10 Å². The van der Waals surface area contributed by atoms with Gasteiger partial charge < -0.3 is 11.1 Å². The first-order chi connectivity index (χ1) is 8.50. The van der Waals surface area contributed by atoms with Crippen LogP contribution in [0.2, 0.25) is 0 Å². The van der Waals surface area contributed by atoms with Gasteiger partial charge in [-0.15, -0.1) is 0 Å². The Morgan fingerprint density at radius 3 is 2.72 bits per heavy atom. The standard InChI is InChI=1S/C13H22N4O/c1-8-12(9(2)17(3)16-8)13(18)15-7-10-5-4-6-11(10)14/h10-11H,4-7,14H2,1-3H3,(H,15,18). The number of hydrogen-bond acceptors (Lipinski definition) is 3. The van der Waals surface area contributed by atoms with Gasteiger partial charge in [0.05, 0.1) is 11.3 Å². The quantitative estimate of drug-likeness (QED) is 0.837. The number of carbonyl (C=O) groups is 1. The molecule has 0 aliphatic heterocycles. The molecule has 0 saturated heterocycles. The van der Waals surface area contributed by atoms with Crippen molar-refractivity contribution in [1.82, 2.24) is 15.1 Å². The van der Waals surface area contributed by atoms with Crippen LogP contribution in [0.25, 0.3) is 0 Å². The molecule has 0 radical (unpaired) electrons. The Morgan fingerprint density at radius 1 is 1.50 bits per heavy atom. The molecule has 1 aliphatic rings. The highest BCUT2D eigenvalue weighted by Gasteiger charge is 2.25. The first-order valence-corrected chi connectivity index (χ1v) is 6.54. The molecule has 100 valence electrons. The predicted molar refractivity (Wildman–Crippen MR) is 70.3 cm³/mol. The summed E-state index contributed by atoms with van der Waals surface area (Å²) in [5.41, 5.74) is 8.38. The molecule has 1 heterocycles. The van der Waals surface area contributed by atoms with Crippen LogP contribution in [0.15, 0.2) is 0 Å². The summed E-state index contributed by atoms with van der Waals surface area (Å²) in [5, 5.41) is 7.25. The number of carbonyl (C=O) groups excluding carboxylic acids is 1. The van der Waals surface area contributed by atoms with Crippen LogP contribution in [-0.4, -0.2) is 28.3 Å². The molecule has 1 saturated carbocycles. The lowest BCUT2D eigenvalue weighted by atomic mass is 10.0. The van der Waals surface area contributed by atoms with Gasteiger partial charge in [-0.25, -0.2) is 0 Å². The van der Waals surface area contributed by atoms with E-state index < -0.39 is 0 Å². The molecule has 1 amide bonds. The van der Waals surface area contributed by atoms with E-state index in [0.717, 1.165) is 24.2 Å². The topological polar surface area (TPSA) is 72.9 Å². The second kappa shape index (κ2) is 5.10. The van der Waals surface area contributed by atoms with Crippen molar-refractivity contribution >= 4 is 5.91 Å². The molecule has 0 aromatic carbocycles. The van der Waals surface area contributed by atoms with Crippen molar-refractivity contribution in [2.75, 3.05) is 6.54 Å². The largest absolute Gasteiger partial charge is 0.352 e. The number of nitrogens with one attached hydrogen (secondary N) is 1. The van der Waals surface area contributed by atoms with Gasteiger partial charge in [0.25, 0.3) is 5.91 Å². The van der Waals surface area contributed by atoms with Crippen LogP contribution in [0.1, 0.15) is 41.0 Å². The minimum Gasteiger partial charge on any atom is -0.352 e. The van der Waals surface area contributed by atoms with Crippen molar-refractivity contribution < 1.29 is 4.79 Å². The lowest BCUT2D eigenvalue weighted by Crippen LogP contribution is -2.36. The number of aryl methyl sites for hydroxylation is 2. The molecule has 2 rings (SSSR count). The third-order valence-electron chi connectivity index (χ3n) is 3.98. The van der Waals surface area contributed by atoms with E-state index >= 15 is 0 Å². The third-order valence-corrected chi connectivity index (χ3v) is 3.98. The molecule has 1 fully saturated rings. The van der Waals surface area contributed by atoms with Gasteiger partial charge in [-0.05, 0) is 32.6 Å². The molecular weight excluding hydrogens is 228 g/mol. The molecule has 5 heteroatoms. The lowest BCUT2D eigenvalue weighted by Gasteiger charge is -2.15. The Kier molecular flexibility index (Phi) is 3.71. The van der Waals surface area contributed by atoms with Crippen molar-refractivity contribution in [2.45, 2.75) is 39.2 Å². The van der Waals surface area contributed by atoms with Gasteiger partial charge >= 0.3 is 0 Å².